The highest BCUT2D eigenvalue weighted by atomic mass is 32.1. The first-order valence-corrected chi connectivity index (χ1v) is 8.02. The number of para-hydroxylation sites is 2. The van der Waals surface area contributed by atoms with Crippen molar-refractivity contribution in [2.24, 2.45) is 0 Å². The molecule has 0 spiro atoms. The van der Waals surface area contributed by atoms with E-state index in [9.17, 15) is 0 Å². The minimum atomic E-state index is 0.660. The number of thiophene rings is 1. The molecule has 0 aliphatic heterocycles. The van der Waals surface area contributed by atoms with Gasteiger partial charge in [-0.2, -0.15) is 0 Å². The summed E-state index contributed by atoms with van der Waals surface area (Å²) in [6, 6.07) is 13.8. The van der Waals surface area contributed by atoms with Gasteiger partial charge < -0.3 is 10.1 Å². The Labute approximate surface area is 137 Å². The summed E-state index contributed by atoms with van der Waals surface area (Å²) in [4.78, 5) is 10.1. The van der Waals surface area contributed by atoms with Crippen molar-refractivity contribution in [3.63, 3.8) is 0 Å². The maximum Gasteiger partial charge on any atom is 0.236 e. The van der Waals surface area contributed by atoms with Gasteiger partial charge in [0.1, 0.15) is 17.3 Å². The lowest BCUT2D eigenvalue weighted by Gasteiger charge is -2.11. The van der Waals surface area contributed by atoms with E-state index in [1.54, 1.807) is 24.6 Å². The van der Waals surface area contributed by atoms with Crippen LogP contribution in [0.15, 0.2) is 60.2 Å². The number of nitrogens with zero attached hydrogens (tertiary/aromatic N) is 3. The van der Waals surface area contributed by atoms with E-state index in [0.29, 0.717) is 5.78 Å². The molecular formula is C17H14N4OS. The first-order valence-electron chi connectivity index (χ1n) is 7.14. The first kappa shape index (κ1) is 13.8. The Kier molecular flexibility index (Phi) is 3.44. The number of nitrogens with one attached hydrogen (secondary N) is 1. The number of imidazole rings is 1. The molecule has 3 aromatic heterocycles. The molecule has 0 unspecified atom stereocenters. The molecule has 0 saturated carbocycles. The molecule has 0 atom stereocenters. The highest BCUT2D eigenvalue weighted by molar-refractivity contribution is 7.13. The van der Waals surface area contributed by atoms with Gasteiger partial charge in [-0.25, -0.2) is 9.97 Å². The van der Waals surface area contributed by atoms with Gasteiger partial charge in [0, 0.05) is 12.4 Å². The Morgan fingerprint density at radius 3 is 2.87 bits per heavy atom. The summed E-state index contributed by atoms with van der Waals surface area (Å²) in [5.41, 5.74) is 1.77. The van der Waals surface area contributed by atoms with Gasteiger partial charge in [-0.3, -0.25) is 4.40 Å². The van der Waals surface area contributed by atoms with Crippen molar-refractivity contribution in [1.82, 2.24) is 14.4 Å². The minimum Gasteiger partial charge on any atom is -0.495 e. The Balaban J connectivity index is 1.89. The molecule has 0 amide bonds. The zero-order valence-electron chi connectivity index (χ0n) is 12.4. The summed E-state index contributed by atoms with van der Waals surface area (Å²) in [6.07, 6.45) is 3.69. The molecule has 114 valence electrons. The van der Waals surface area contributed by atoms with Gasteiger partial charge in [-0.1, -0.05) is 18.2 Å². The van der Waals surface area contributed by atoms with Gasteiger partial charge in [0.05, 0.1) is 17.7 Å². The highest BCUT2D eigenvalue weighted by Gasteiger charge is 2.16. The van der Waals surface area contributed by atoms with Crippen molar-refractivity contribution in [3.8, 4) is 16.3 Å². The van der Waals surface area contributed by atoms with E-state index in [1.807, 2.05) is 52.4 Å². The summed E-state index contributed by atoms with van der Waals surface area (Å²) in [5, 5.41) is 5.49. The lowest BCUT2D eigenvalue weighted by molar-refractivity contribution is 0.417. The predicted octanol–water partition coefficient (Wildman–Crippen LogP) is 4.21. The van der Waals surface area contributed by atoms with Crippen LogP contribution in [0, 0.1) is 0 Å². The van der Waals surface area contributed by atoms with Crippen molar-refractivity contribution in [1.29, 1.82) is 0 Å². The number of methoxy groups -OCH3 is 1. The van der Waals surface area contributed by atoms with E-state index in [-0.39, 0.29) is 0 Å². The molecule has 0 saturated heterocycles. The molecule has 1 N–H and O–H groups in total. The second-order valence-electron chi connectivity index (χ2n) is 4.90. The largest absolute Gasteiger partial charge is 0.495 e. The van der Waals surface area contributed by atoms with Gasteiger partial charge in [0.2, 0.25) is 5.78 Å². The topological polar surface area (TPSA) is 51.5 Å². The Hall–Kier alpha value is -2.86. The Morgan fingerprint density at radius 2 is 2.04 bits per heavy atom. The molecule has 0 radical (unpaired) electrons. The van der Waals surface area contributed by atoms with Crippen LogP contribution in [0.1, 0.15) is 0 Å². The average molecular weight is 322 g/mol. The molecule has 0 aliphatic rings. The van der Waals surface area contributed by atoms with E-state index in [2.05, 4.69) is 21.4 Å². The van der Waals surface area contributed by atoms with Crippen LogP contribution in [-0.4, -0.2) is 21.5 Å². The molecule has 5 nitrogen and oxygen atoms in total. The summed E-state index contributed by atoms with van der Waals surface area (Å²) < 4.78 is 7.38. The lowest BCUT2D eigenvalue weighted by atomic mass is 10.2. The third-order valence-electron chi connectivity index (χ3n) is 3.52. The number of benzene rings is 1. The molecule has 23 heavy (non-hydrogen) atoms. The average Bonchev–Trinajstić information content (AvgIpc) is 3.23. The fourth-order valence-electron chi connectivity index (χ4n) is 2.47. The van der Waals surface area contributed by atoms with Crippen LogP contribution < -0.4 is 10.1 Å². The van der Waals surface area contributed by atoms with Crippen LogP contribution in [-0.2, 0) is 0 Å². The molecule has 0 fully saturated rings. The predicted molar refractivity (Wildman–Crippen MR) is 92.6 cm³/mol. The molecule has 0 aliphatic carbocycles. The molecule has 0 bridgehead atoms. The van der Waals surface area contributed by atoms with Gasteiger partial charge in [-0.05, 0) is 29.6 Å². The van der Waals surface area contributed by atoms with Gasteiger partial charge in [0.25, 0.3) is 0 Å². The van der Waals surface area contributed by atoms with E-state index >= 15 is 0 Å². The van der Waals surface area contributed by atoms with Crippen molar-refractivity contribution >= 4 is 28.6 Å². The second-order valence-corrected chi connectivity index (χ2v) is 5.85. The van der Waals surface area contributed by atoms with Crippen molar-refractivity contribution in [2.75, 3.05) is 12.4 Å². The van der Waals surface area contributed by atoms with E-state index < -0.39 is 0 Å². The number of ether oxygens (including phenoxy) is 1. The SMILES string of the molecule is COc1ccccc1Nc1c(-c2cccs2)nc2ncccn12. The first-order chi connectivity index (χ1) is 11.4. The van der Waals surface area contributed by atoms with Crippen molar-refractivity contribution < 1.29 is 4.74 Å². The van der Waals surface area contributed by atoms with E-state index in [4.69, 9.17) is 4.74 Å². The zero-order chi connectivity index (χ0) is 15.6. The van der Waals surface area contributed by atoms with Crippen LogP contribution in [0.5, 0.6) is 5.75 Å². The van der Waals surface area contributed by atoms with Crippen molar-refractivity contribution in [2.45, 2.75) is 0 Å². The van der Waals surface area contributed by atoms with E-state index in [0.717, 1.165) is 27.8 Å². The summed E-state index contributed by atoms with van der Waals surface area (Å²) >= 11 is 1.65. The Bertz CT molecular complexity index is 946. The maximum absolute atomic E-state index is 5.43. The third kappa shape index (κ3) is 2.43. The quantitative estimate of drug-likeness (QED) is 0.611. The van der Waals surface area contributed by atoms with Gasteiger partial charge in [-0.15, -0.1) is 11.3 Å². The number of hydrogen-bond acceptors (Lipinski definition) is 5. The van der Waals surface area contributed by atoms with Gasteiger partial charge >= 0.3 is 0 Å². The summed E-state index contributed by atoms with van der Waals surface area (Å²) in [5.74, 6) is 2.32. The number of fused-ring (bicyclic) bond motifs is 1. The summed E-state index contributed by atoms with van der Waals surface area (Å²) in [7, 11) is 1.66. The number of anilines is 2. The molecular weight excluding hydrogens is 308 g/mol. The van der Waals surface area contributed by atoms with Crippen molar-refractivity contribution in [3.05, 3.63) is 60.2 Å². The fraction of sp³-hybridized carbons (Fsp3) is 0.0588. The maximum atomic E-state index is 5.43. The second kappa shape index (κ2) is 5.73. The molecule has 1 aromatic carbocycles. The Morgan fingerprint density at radius 1 is 1.13 bits per heavy atom. The summed E-state index contributed by atoms with van der Waals surface area (Å²) in [6.45, 7) is 0. The van der Waals surface area contributed by atoms with E-state index in [1.165, 1.54) is 0 Å². The normalized spacial score (nSPS) is 10.8. The highest BCUT2D eigenvalue weighted by Crippen LogP contribution is 2.35. The standard InChI is InChI=1S/C17H14N4OS/c1-22-13-7-3-2-6-12(13)19-16-15(14-8-4-11-23-14)20-17-18-9-5-10-21(16)17/h2-11,19H,1H3. The monoisotopic (exact) mass is 322 g/mol. The van der Waals surface area contributed by atoms with Crippen LogP contribution in [0.2, 0.25) is 0 Å². The molecule has 6 heteroatoms. The van der Waals surface area contributed by atoms with Crippen LogP contribution in [0.25, 0.3) is 16.3 Å². The zero-order valence-corrected chi connectivity index (χ0v) is 13.2. The van der Waals surface area contributed by atoms with Gasteiger partial charge in [0.15, 0.2) is 0 Å². The number of rotatable bonds is 4. The smallest absolute Gasteiger partial charge is 0.236 e. The molecule has 4 rings (SSSR count). The fourth-order valence-corrected chi connectivity index (χ4v) is 3.18. The number of aromatic nitrogens is 3. The lowest BCUT2D eigenvalue weighted by Crippen LogP contribution is -1.99. The molecule has 4 aromatic rings. The molecule has 3 heterocycles. The van der Waals surface area contributed by atoms with Crippen LogP contribution in [0.4, 0.5) is 11.5 Å². The third-order valence-corrected chi connectivity index (χ3v) is 4.39. The number of hydrogen-bond donors (Lipinski definition) is 1. The van der Waals surface area contributed by atoms with Crippen LogP contribution >= 0.6 is 11.3 Å². The minimum absolute atomic E-state index is 0.660. The van der Waals surface area contributed by atoms with Crippen LogP contribution in [0.3, 0.4) is 0 Å².